The molecular formula is C22H22F3N5O4. The van der Waals surface area contributed by atoms with Crippen molar-refractivity contribution in [3.8, 4) is 5.88 Å². The van der Waals surface area contributed by atoms with E-state index in [1.165, 1.54) is 30.8 Å². The molecule has 0 aliphatic heterocycles. The van der Waals surface area contributed by atoms with Gasteiger partial charge in [0.2, 0.25) is 11.7 Å². The Morgan fingerprint density at radius 2 is 1.74 bits per heavy atom. The van der Waals surface area contributed by atoms with Crippen LogP contribution in [0.1, 0.15) is 30.5 Å². The fourth-order valence-corrected chi connectivity index (χ4v) is 4.01. The molecule has 0 unspecified atom stereocenters. The van der Waals surface area contributed by atoms with Gasteiger partial charge < -0.3 is 5.11 Å². The van der Waals surface area contributed by atoms with Crippen molar-refractivity contribution in [3.63, 3.8) is 0 Å². The maximum Gasteiger partial charge on any atom is 0.416 e. The van der Waals surface area contributed by atoms with E-state index in [9.17, 15) is 32.7 Å². The van der Waals surface area contributed by atoms with Crippen molar-refractivity contribution in [2.75, 3.05) is 0 Å². The second-order valence-corrected chi connectivity index (χ2v) is 8.61. The van der Waals surface area contributed by atoms with Crippen LogP contribution in [0, 0.1) is 5.92 Å². The number of aryl methyl sites for hydroxylation is 1. The van der Waals surface area contributed by atoms with Gasteiger partial charge in [0.1, 0.15) is 0 Å². The standard InChI is InChI=1S/C22H22F3N5O4/c1-11(2)8-14-17(31)29(10-12-6-5-7-13(9-12)22(23,24)25)20-26-16-15(30(20)18(14)32)19(33)28(4)21(34)27(16)3/h5-7,9,11,31H,8,10H2,1-4H3. The van der Waals surface area contributed by atoms with Gasteiger partial charge in [0.15, 0.2) is 11.2 Å². The number of fused-ring (bicyclic) bond motifs is 3. The van der Waals surface area contributed by atoms with Crippen LogP contribution in [0.15, 0.2) is 38.6 Å². The maximum atomic E-state index is 13.4. The molecule has 3 aromatic heterocycles. The summed E-state index contributed by atoms with van der Waals surface area (Å²) in [6.07, 6.45) is -4.42. The highest BCUT2D eigenvalue weighted by Crippen LogP contribution is 2.30. The summed E-state index contributed by atoms with van der Waals surface area (Å²) in [7, 11) is 2.65. The number of halogens is 3. The van der Waals surface area contributed by atoms with Crippen LogP contribution >= 0.6 is 0 Å². The minimum absolute atomic E-state index is 0.00955. The Bertz CT molecular complexity index is 1620. The van der Waals surface area contributed by atoms with Gasteiger partial charge in [-0.25, -0.2) is 9.20 Å². The molecule has 0 saturated heterocycles. The largest absolute Gasteiger partial charge is 0.494 e. The average Bonchev–Trinajstić information content (AvgIpc) is 3.17. The van der Waals surface area contributed by atoms with Crippen LogP contribution in [0.3, 0.4) is 0 Å². The monoisotopic (exact) mass is 477 g/mol. The van der Waals surface area contributed by atoms with Gasteiger partial charge in [-0.05, 0) is 30.0 Å². The van der Waals surface area contributed by atoms with Gasteiger partial charge in [-0.3, -0.25) is 23.3 Å². The van der Waals surface area contributed by atoms with E-state index < -0.39 is 34.4 Å². The predicted octanol–water partition coefficient (Wildman–Crippen LogP) is 2.02. The first-order valence-electron chi connectivity index (χ1n) is 10.4. The Labute approximate surface area is 189 Å². The molecule has 180 valence electrons. The van der Waals surface area contributed by atoms with Gasteiger partial charge in [0, 0.05) is 14.1 Å². The Morgan fingerprint density at radius 1 is 1.06 bits per heavy atom. The van der Waals surface area contributed by atoms with Gasteiger partial charge in [0.05, 0.1) is 17.7 Å². The molecule has 0 aliphatic rings. The second-order valence-electron chi connectivity index (χ2n) is 8.61. The maximum absolute atomic E-state index is 13.4. The summed E-state index contributed by atoms with van der Waals surface area (Å²) in [5.74, 6) is -0.679. The Morgan fingerprint density at radius 3 is 2.35 bits per heavy atom. The highest BCUT2D eigenvalue weighted by molar-refractivity contribution is 5.75. The molecule has 0 aliphatic carbocycles. The minimum Gasteiger partial charge on any atom is -0.494 e. The normalized spacial score (nSPS) is 12.4. The lowest BCUT2D eigenvalue weighted by molar-refractivity contribution is -0.137. The molecule has 34 heavy (non-hydrogen) atoms. The predicted molar refractivity (Wildman–Crippen MR) is 118 cm³/mol. The van der Waals surface area contributed by atoms with E-state index in [1.54, 1.807) is 0 Å². The van der Waals surface area contributed by atoms with Gasteiger partial charge in [-0.15, -0.1) is 0 Å². The zero-order valence-corrected chi connectivity index (χ0v) is 18.8. The van der Waals surface area contributed by atoms with E-state index in [1.807, 2.05) is 13.8 Å². The molecule has 1 N–H and O–H groups in total. The van der Waals surface area contributed by atoms with Crippen LogP contribution in [0.2, 0.25) is 0 Å². The minimum atomic E-state index is -4.56. The summed E-state index contributed by atoms with van der Waals surface area (Å²) >= 11 is 0. The number of aromatic nitrogens is 5. The number of benzene rings is 1. The van der Waals surface area contributed by atoms with Crippen molar-refractivity contribution in [3.05, 3.63) is 72.1 Å². The number of hydrogen-bond acceptors (Lipinski definition) is 5. The van der Waals surface area contributed by atoms with E-state index in [-0.39, 0.29) is 47.0 Å². The molecule has 0 bridgehead atoms. The average molecular weight is 477 g/mol. The smallest absolute Gasteiger partial charge is 0.416 e. The van der Waals surface area contributed by atoms with Gasteiger partial charge in [-0.2, -0.15) is 18.2 Å². The fraction of sp³-hybridized carbons (Fsp3) is 0.364. The third-order valence-corrected chi connectivity index (χ3v) is 5.68. The zero-order valence-electron chi connectivity index (χ0n) is 18.8. The lowest BCUT2D eigenvalue weighted by Gasteiger charge is -2.16. The number of nitrogens with zero attached hydrogens (tertiary/aromatic N) is 5. The quantitative estimate of drug-likeness (QED) is 0.485. The van der Waals surface area contributed by atoms with Crippen molar-refractivity contribution < 1.29 is 18.3 Å². The third-order valence-electron chi connectivity index (χ3n) is 5.68. The number of hydrogen-bond donors (Lipinski definition) is 1. The zero-order chi connectivity index (χ0) is 25.1. The van der Waals surface area contributed by atoms with E-state index in [4.69, 9.17) is 0 Å². The van der Waals surface area contributed by atoms with Crippen LogP contribution in [-0.2, 0) is 33.2 Å². The van der Waals surface area contributed by atoms with Crippen LogP contribution in [0.5, 0.6) is 5.88 Å². The number of rotatable bonds is 4. The lowest BCUT2D eigenvalue weighted by Crippen LogP contribution is -2.38. The highest BCUT2D eigenvalue weighted by atomic mass is 19.4. The van der Waals surface area contributed by atoms with Crippen molar-refractivity contribution in [1.82, 2.24) is 23.1 Å². The van der Waals surface area contributed by atoms with E-state index >= 15 is 0 Å². The van der Waals surface area contributed by atoms with Gasteiger partial charge in [0.25, 0.3) is 11.1 Å². The number of aromatic hydroxyl groups is 1. The fourth-order valence-electron chi connectivity index (χ4n) is 4.01. The molecule has 0 amide bonds. The molecular weight excluding hydrogens is 455 g/mol. The van der Waals surface area contributed by atoms with Crippen molar-refractivity contribution >= 4 is 16.9 Å². The first-order valence-corrected chi connectivity index (χ1v) is 10.4. The molecule has 3 heterocycles. The Hall–Kier alpha value is -3.83. The number of alkyl halides is 3. The SMILES string of the molecule is CC(C)Cc1c(O)n(Cc2cccc(C(F)(F)F)c2)c2nc3c(c(=O)n(C)c(=O)n3C)n2c1=O. The van der Waals surface area contributed by atoms with Crippen LogP contribution < -0.4 is 16.8 Å². The molecule has 0 fully saturated rings. The molecule has 1 aromatic carbocycles. The van der Waals surface area contributed by atoms with Gasteiger partial charge in [-0.1, -0.05) is 26.0 Å². The molecule has 4 rings (SSSR count). The molecule has 4 aromatic rings. The first kappa shape index (κ1) is 23.3. The molecule has 0 spiro atoms. The van der Waals surface area contributed by atoms with Crippen molar-refractivity contribution in [2.24, 2.45) is 20.0 Å². The lowest BCUT2D eigenvalue weighted by atomic mass is 10.0. The van der Waals surface area contributed by atoms with Crippen LogP contribution in [0.4, 0.5) is 13.2 Å². The first-order chi connectivity index (χ1) is 15.8. The van der Waals surface area contributed by atoms with E-state index in [0.717, 1.165) is 25.7 Å². The highest BCUT2D eigenvalue weighted by Gasteiger charge is 2.31. The summed E-state index contributed by atoms with van der Waals surface area (Å²) in [5, 5.41) is 11.0. The molecule has 0 saturated carbocycles. The van der Waals surface area contributed by atoms with Crippen molar-refractivity contribution in [2.45, 2.75) is 33.0 Å². The van der Waals surface area contributed by atoms with E-state index in [0.29, 0.717) is 0 Å². The molecule has 12 heteroatoms. The summed E-state index contributed by atoms with van der Waals surface area (Å²) < 4.78 is 43.8. The summed E-state index contributed by atoms with van der Waals surface area (Å²) in [6, 6.07) is 4.56. The van der Waals surface area contributed by atoms with Gasteiger partial charge >= 0.3 is 11.9 Å². The number of imidazole rings is 1. The second kappa shape index (κ2) is 7.89. The summed E-state index contributed by atoms with van der Waals surface area (Å²) in [4.78, 5) is 43.0. The molecule has 0 atom stereocenters. The summed E-state index contributed by atoms with van der Waals surface area (Å²) in [5.41, 5.74) is -3.02. The third kappa shape index (κ3) is 3.58. The molecule has 9 nitrogen and oxygen atoms in total. The van der Waals surface area contributed by atoms with Crippen molar-refractivity contribution in [1.29, 1.82) is 0 Å². The molecule has 0 radical (unpaired) electrons. The van der Waals surface area contributed by atoms with Crippen LogP contribution in [-0.4, -0.2) is 28.2 Å². The Kier molecular flexibility index (Phi) is 5.41. The van der Waals surface area contributed by atoms with E-state index in [2.05, 4.69) is 4.98 Å². The topological polar surface area (TPSA) is 104 Å². The Balaban J connectivity index is 2.12. The van der Waals surface area contributed by atoms with Crippen LogP contribution in [0.25, 0.3) is 16.9 Å². The summed E-state index contributed by atoms with van der Waals surface area (Å²) in [6.45, 7) is 3.39.